The Morgan fingerprint density at radius 1 is 1.30 bits per heavy atom. The van der Waals surface area contributed by atoms with E-state index >= 15 is 0 Å². The predicted octanol–water partition coefficient (Wildman–Crippen LogP) is 3.41. The van der Waals surface area contributed by atoms with E-state index in [2.05, 4.69) is 73.1 Å². The number of thioether (sulfide) groups is 1. The second kappa shape index (κ2) is 8.06. The van der Waals surface area contributed by atoms with Crippen molar-refractivity contribution in [3.05, 3.63) is 35.9 Å². The second-order valence-corrected chi connectivity index (χ2v) is 7.27. The van der Waals surface area contributed by atoms with E-state index in [4.69, 9.17) is 0 Å². The Hall–Kier alpha value is -0.510. The molecule has 3 heteroatoms. The number of benzene rings is 1. The van der Waals surface area contributed by atoms with Gasteiger partial charge in [0.25, 0.3) is 0 Å². The molecule has 1 aromatic rings. The van der Waals surface area contributed by atoms with Gasteiger partial charge in [0.1, 0.15) is 0 Å². The van der Waals surface area contributed by atoms with Crippen molar-refractivity contribution in [2.45, 2.75) is 32.9 Å². The fraction of sp³-hybridized carbons (Fsp3) is 0.647. The largest absolute Gasteiger partial charge is 0.307 e. The summed E-state index contributed by atoms with van der Waals surface area (Å²) in [5.74, 6) is 3.19. The molecule has 0 saturated carbocycles. The van der Waals surface area contributed by atoms with Crippen LogP contribution in [0, 0.1) is 5.92 Å². The van der Waals surface area contributed by atoms with E-state index in [0.717, 1.165) is 13.1 Å². The van der Waals surface area contributed by atoms with Crippen LogP contribution in [0.4, 0.5) is 0 Å². The highest BCUT2D eigenvalue weighted by Gasteiger charge is 2.29. The van der Waals surface area contributed by atoms with Crippen molar-refractivity contribution in [1.29, 1.82) is 0 Å². The lowest BCUT2D eigenvalue weighted by atomic mass is 9.96. The molecule has 1 heterocycles. The molecule has 1 saturated heterocycles. The summed E-state index contributed by atoms with van der Waals surface area (Å²) in [5, 5.41) is 3.74. The molecule has 1 fully saturated rings. The van der Waals surface area contributed by atoms with E-state index in [1.165, 1.54) is 23.6 Å². The van der Waals surface area contributed by atoms with Crippen LogP contribution in [-0.4, -0.2) is 42.1 Å². The van der Waals surface area contributed by atoms with Gasteiger partial charge in [0.15, 0.2) is 0 Å². The molecule has 2 unspecified atom stereocenters. The molecule has 20 heavy (non-hydrogen) atoms. The molecule has 2 rings (SSSR count). The lowest BCUT2D eigenvalue weighted by Crippen LogP contribution is -2.55. The van der Waals surface area contributed by atoms with E-state index in [0.29, 0.717) is 18.0 Å². The van der Waals surface area contributed by atoms with Gasteiger partial charge in [0.05, 0.1) is 0 Å². The first-order valence-electron chi connectivity index (χ1n) is 7.82. The summed E-state index contributed by atoms with van der Waals surface area (Å²) < 4.78 is 0. The Morgan fingerprint density at radius 2 is 2.05 bits per heavy atom. The Labute approximate surface area is 128 Å². The number of rotatable bonds is 6. The zero-order valence-corrected chi connectivity index (χ0v) is 13.8. The van der Waals surface area contributed by atoms with Crippen LogP contribution < -0.4 is 5.32 Å². The third-order valence-electron chi connectivity index (χ3n) is 4.16. The van der Waals surface area contributed by atoms with Crippen LogP contribution >= 0.6 is 11.8 Å². The van der Waals surface area contributed by atoms with Crippen molar-refractivity contribution in [3.8, 4) is 0 Å². The predicted molar refractivity (Wildman–Crippen MR) is 90.4 cm³/mol. The van der Waals surface area contributed by atoms with Gasteiger partial charge in [-0.25, -0.2) is 0 Å². The first kappa shape index (κ1) is 15.9. The smallest absolute Gasteiger partial charge is 0.0449 e. The maximum absolute atomic E-state index is 3.74. The van der Waals surface area contributed by atoms with Gasteiger partial charge in [-0.2, -0.15) is 11.8 Å². The normalized spacial score (nSPS) is 24.2. The van der Waals surface area contributed by atoms with E-state index in [1.54, 1.807) is 0 Å². The van der Waals surface area contributed by atoms with E-state index in [9.17, 15) is 0 Å². The van der Waals surface area contributed by atoms with Gasteiger partial charge in [-0.15, -0.1) is 0 Å². The fourth-order valence-corrected chi connectivity index (χ4v) is 3.63. The summed E-state index contributed by atoms with van der Waals surface area (Å²) >= 11 is 2.05. The molecule has 2 nitrogen and oxygen atoms in total. The minimum Gasteiger partial charge on any atom is -0.307 e. The fourth-order valence-electron chi connectivity index (χ4n) is 2.98. The Bertz CT molecular complexity index is 380. The second-order valence-electron chi connectivity index (χ2n) is 5.87. The average molecular weight is 292 g/mol. The number of hydrogen-bond acceptors (Lipinski definition) is 3. The lowest BCUT2D eigenvalue weighted by Gasteiger charge is -2.42. The minimum atomic E-state index is 0.484. The van der Waals surface area contributed by atoms with Crippen LogP contribution in [0.1, 0.15) is 32.4 Å². The van der Waals surface area contributed by atoms with Crippen LogP contribution in [-0.2, 0) is 0 Å². The Kier molecular flexibility index (Phi) is 6.40. The molecule has 0 aromatic heterocycles. The highest BCUT2D eigenvalue weighted by molar-refractivity contribution is 7.99. The van der Waals surface area contributed by atoms with Crippen LogP contribution in [0.3, 0.4) is 0 Å². The van der Waals surface area contributed by atoms with Gasteiger partial charge in [-0.3, -0.25) is 4.90 Å². The molecular formula is C17H28N2S. The van der Waals surface area contributed by atoms with Gasteiger partial charge in [-0.05, 0) is 17.2 Å². The summed E-state index contributed by atoms with van der Waals surface area (Å²) in [5.41, 5.74) is 1.42. The van der Waals surface area contributed by atoms with Gasteiger partial charge >= 0.3 is 0 Å². The molecule has 1 aliphatic heterocycles. The third-order valence-corrected chi connectivity index (χ3v) is 5.04. The number of nitrogens with zero attached hydrogens (tertiary/aromatic N) is 1. The maximum atomic E-state index is 3.74. The summed E-state index contributed by atoms with van der Waals surface area (Å²) in [7, 11) is 0. The summed E-state index contributed by atoms with van der Waals surface area (Å²) in [6, 6.07) is 12.0. The van der Waals surface area contributed by atoms with E-state index < -0.39 is 0 Å². The molecule has 0 amide bonds. The quantitative estimate of drug-likeness (QED) is 0.809. The highest BCUT2D eigenvalue weighted by atomic mass is 32.2. The molecular weight excluding hydrogens is 264 g/mol. The monoisotopic (exact) mass is 292 g/mol. The van der Waals surface area contributed by atoms with Crippen LogP contribution in [0.2, 0.25) is 0 Å². The van der Waals surface area contributed by atoms with Crippen molar-refractivity contribution in [1.82, 2.24) is 10.2 Å². The molecule has 112 valence electrons. The summed E-state index contributed by atoms with van der Waals surface area (Å²) in [6.45, 7) is 10.4. The summed E-state index contributed by atoms with van der Waals surface area (Å²) in [4.78, 5) is 2.70. The number of hydrogen-bond donors (Lipinski definition) is 1. The molecule has 2 atom stereocenters. The van der Waals surface area contributed by atoms with E-state index in [1.807, 2.05) is 0 Å². The van der Waals surface area contributed by atoms with Crippen molar-refractivity contribution >= 4 is 11.8 Å². The number of nitrogens with one attached hydrogen (secondary N) is 1. The molecule has 0 spiro atoms. The van der Waals surface area contributed by atoms with Gasteiger partial charge < -0.3 is 5.32 Å². The van der Waals surface area contributed by atoms with Gasteiger partial charge in [-0.1, -0.05) is 51.1 Å². The minimum absolute atomic E-state index is 0.484. The Morgan fingerprint density at radius 3 is 2.70 bits per heavy atom. The average Bonchev–Trinajstić information content (AvgIpc) is 2.48. The SMILES string of the molecule is CCSCCN1CC(c2ccccc2)NCC1C(C)C. The van der Waals surface area contributed by atoms with E-state index in [-0.39, 0.29) is 0 Å². The maximum Gasteiger partial charge on any atom is 0.0449 e. The van der Waals surface area contributed by atoms with Crippen LogP contribution in [0.25, 0.3) is 0 Å². The highest BCUT2D eigenvalue weighted by Crippen LogP contribution is 2.23. The van der Waals surface area contributed by atoms with Crippen molar-refractivity contribution < 1.29 is 0 Å². The van der Waals surface area contributed by atoms with Crippen LogP contribution in [0.15, 0.2) is 30.3 Å². The molecule has 0 radical (unpaired) electrons. The standard InChI is InChI=1S/C17H28N2S/c1-4-20-11-10-19-13-16(15-8-6-5-7-9-15)18-12-17(19)14(2)3/h5-9,14,16-18H,4,10-13H2,1-3H3. The number of piperazine rings is 1. The van der Waals surface area contributed by atoms with Gasteiger partial charge in [0, 0.05) is 37.5 Å². The van der Waals surface area contributed by atoms with Crippen molar-refractivity contribution in [2.75, 3.05) is 31.1 Å². The third kappa shape index (κ3) is 4.24. The first-order chi connectivity index (χ1) is 9.72. The molecule has 0 bridgehead atoms. The first-order valence-corrected chi connectivity index (χ1v) is 8.98. The zero-order valence-electron chi connectivity index (χ0n) is 13.0. The lowest BCUT2D eigenvalue weighted by molar-refractivity contribution is 0.106. The topological polar surface area (TPSA) is 15.3 Å². The molecule has 1 aromatic carbocycles. The van der Waals surface area contributed by atoms with Crippen molar-refractivity contribution in [2.24, 2.45) is 5.92 Å². The van der Waals surface area contributed by atoms with Gasteiger partial charge in [0.2, 0.25) is 0 Å². The van der Waals surface area contributed by atoms with Crippen LogP contribution in [0.5, 0.6) is 0 Å². The zero-order chi connectivity index (χ0) is 14.4. The summed E-state index contributed by atoms with van der Waals surface area (Å²) in [6.07, 6.45) is 0. The molecule has 0 aliphatic carbocycles. The molecule has 1 aliphatic rings. The Balaban J connectivity index is 1.99. The van der Waals surface area contributed by atoms with Crippen molar-refractivity contribution in [3.63, 3.8) is 0 Å². The molecule has 1 N–H and O–H groups in total.